The fourth-order valence-corrected chi connectivity index (χ4v) is 4.18. The minimum Gasteiger partial charge on any atom is -0.497 e. The fourth-order valence-electron chi connectivity index (χ4n) is 4.18. The molecule has 1 atom stereocenters. The molecule has 0 saturated heterocycles. The van der Waals surface area contributed by atoms with Gasteiger partial charge in [-0.1, -0.05) is 6.58 Å². The third kappa shape index (κ3) is 3.67. The summed E-state index contributed by atoms with van der Waals surface area (Å²) in [6.45, 7) is 3.49. The number of nitrogens with zero attached hydrogens (tertiary/aromatic N) is 3. The quantitative estimate of drug-likeness (QED) is 0.527. The number of nitrogens with one attached hydrogen (secondary N) is 3. The Morgan fingerprint density at radius 2 is 2.23 bits per heavy atom. The van der Waals surface area contributed by atoms with E-state index in [0.29, 0.717) is 29.1 Å². The van der Waals surface area contributed by atoms with E-state index in [2.05, 4.69) is 32.5 Å². The number of carbonyl (C=O) groups excluding carboxylic acids is 1. The Hall–Kier alpha value is -3.62. The molecule has 3 aromatic rings. The van der Waals surface area contributed by atoms with Gasteiger partial charge in [-0.15, -0.1) is 0 Å². The lowest BCUT2D eigenvalue weighted by molar-refractivity contribution is -0.111. The maximum absolute atomic E-state index is 15.0. The molecule has 2 heterocycles. The number of rotatable bonds is 6. The highest BCUT2D eigenvalue weighted by Crippen LogP contribution is 2.40. The van der Waals surface area contributed by atoms with Crippen LogP contribution in [0.4, 0.5) is 15.8 Å². The molecule has 1 amide bonds. The van der Waals surface area contributed by atoms with E-state index in [-0.39, 0.29) is 17.6 Å². The molecular formula is C22H25FN6O2. The number of hydrogen-bond acceptors (Lipinski definition) is 5. The van der Waals surface area contributed by atoms with E-state index in [1.807, 2.05) is 0 Å². The van der Waals surface area contributed by atoms with Crippen molar-refractivity contribution in [1.29, 1.82) is 0 Å². The summed E-state index contributed by atoms with van der Waals surface area (Å²) in [6, 6.07) is 3.43. The summed E-state index contributed by atoms with van der Waals surface area (Å²) in [5.41, 5.74) is 5.10. The Balaban J connectivity index is 1.67. The normalized spacial score (nSPS) is 15.3. The number of aryl methyl sites for hydroxylation is 1. The smallest absolute Gasteiger partial charge is 0.247 e. The first-order valence-electron chi connectivity index (χ1n) is 10.0. The van der Waals surface area contributed by atoms with Gasteiger partial charge in [0.2, 0.25) is 5.91 Å². The Bertz CT molecular complexity index is 1150. The second-order valence-electron chi connectivity index (χ2n) is 7.52. The Labute approximate surface area is 179 Å². The number of carbonyl (C=O) groups is 1. The molecule has 0 saturated carbocycles. The fraction of sp³-hybridized carbons (Fsp3) is 0.318. The van der Waals surface area contributed by atoms with E-state index in [1.54, 1.807) is 44.2 Å². The first-order chi connectivity index (χ1) is 15.0. The van der Waals surface area contributed by atoms with Gasteiger partial charge < -0.3 is 15.4 Å². The lowest BCUT2D eigenvalue weighted by Crippen LogP contribution is -2.15. The van der Waals surface area contributed by atoms with Crippen LogP contribution in [0.1, 0.15) is 29.2 Å². The Kier molecular flexibility index (Phi) is 5.50. The van der Waals surface area contributed by atoms with E-state index in [4.69, 9.17) is 4.74 Å². The molecule has 3 N–H and O–H groups in total. The van der Waals surface area contributed by atoms with Crippen molar-refractivity contribution in [3.8, 4) is 17.1 Å². The highest BCUT2D eigenvalue weighted by Gasteiger charge is 2.30. The van der Waals surface area contributed by atoms with Crippen molar-refractivity contribution in [3.63, 3.8) is 0 Å². The number of benzene rings is 1. The molecule has 31 heavy (non-hydrogen) atoms. The molecular weight excluding hydrogens is 399 g/mol. The van der Waals surface area contributed by atoms with E-state index >= 15 is 4.39 Å². The maximum Gasteiger partial charge on any atom is 0.247 e. The van der Waals surface area contributed by atoms with Crippen molar-refractivity contribution >= 4 is 17.3 Å². The summed E-state index contributed by atoms with van der Waals surface area (Å²) in [7, 11) is 5.07. The molecule has 0 aliphatic heterocycles. The van der Waals surface area contributed by atoms with Gasteiger partial charge in [-0.25, -0.2) is 4.39 Å². The number of halogens is 1. The number of aromatic nitrogens is 4. The number of fused-ring (bicyclic) bond motifs is 1. The van der Waals surface area contributed by atoms with Crippen molar-refractivity contribution in [1.82, 2.24) is 20.0 Å². The van der Waals surface area contributed by atoms with Gasteiger partial charge >= 0.3 is 0 Å². The van der Waals surface area contributed by atoms with Crippen LogP contribution in [-0.4, -0.2) is 40.0 Å². The zero-order chi connectivity index (χ0) is 22.1. The van der Waals surface area contributed by atoms with Gasteiger partial charge in [-0.05, 0) is 42.9 Å². The summed E-state index contributed by atoms with van der Waals surface area (Å²) in [4.78, 5) is 11.8. The van der Waals surface area contributed by atoms with Gasteiger partial charge in [-0.2, -0.15) is 10.2 Å². The van der Waals surface area contributed by atoms with E-state index in [9.17, 15) is 4.79 Å². The molecule has 1 aliphatic carbocycles. The van der Waals surface area contributed by atoms with Gasteiger partial charge in [0, 0.05) is 31.4 Å². The van der Waals surface area contributed by atoms with Crippen molar-refractivity contribution in [2.24, 2.45) is 7.05 Å². The van der Waals surface area contributed by atoms with Gasteiger partial charge in [0.25, 0.3) is 0 Å². The molecule has 4 rings (SSSR count). The second kappa shape index (κ2) is 8.25. The third-order valence-corrected chi connectivity index (χ3v) is 5.77. The summed E-state index contributed by atoms with van der Waals surface area (Å²) in [6.07, 6.45) is 4.91. The largest absolute Gasteiger partial charge is 0.497 e. The van der Waals surface area contributed by atoms with Gasteiger partial charge in [0.1, 0.15) is 23.0 Å². The molecule has 0 radical (unpaired) electrons. The zero-order valence-corrected chi connectivity index (χ0v) is 17.8. The van der Waals surface area contributed by atoms with Gasteiger partial charge in [0.05, 0.1) is 24.7 Å². The number of H-pyrrole nitrogens is 1. The highest BCUT2D eigenvalue weighted by molar-refractivity contribution is 6.01. The predicted molar refractivity (Wildman–Crippen MR) is 117 cm³/mol. The molecule has 0 spiro atoms. The first-order valence-corrected chi connectivity index (χ1v) is 10.0. The van der Waals surface area contributed by atoms with Crippen LogP contribution in [-0.2, 0) is 24.7 Å². The highest BCUT2D eigenvalue weighted by atomic mass is 19.1. The third-order valence-electron chi connectivity index (χ3n) is 5.77. The summed E-state index contributed by atoms with van der Waals surface area (Å²) in [5, 5.41) is 17.6. The lowest BCUT2D eigenvalue weighted by atomic mass is 9.81. The molecule has 1 aliphatic rings. The van der Waals surface area contributed by atoms with Crippen LogP contribution >= 0.6 is 0 Å². The van der Waals surface area contributed by atoms with Gasteiger partial charge in [0.15, 0.2) is 0 Å². The minimum atomic E-state index is -0.312. The number of amides is 1. The minimum absolute atomic E-state index is 0.00511. The SMILES string of the molecule is C=CC(=O)Nc1cnn(C)c1-c1n[nH]c2c1CCC(c1cc(OC)cc(NC)c1F)C2. The van der Waals surface area contributed by atoms with E-state index in [0.717, 1.165) is 35.5 Å². The van der Waals surface area contributed by atoms with Crippen LogP contribution in [0.3, 0.4) is 0 Å². The molecule has 0 fully saturated rings. The average Bonchev–Trinajstić information content (AvgIpc) is 3.35. The summed E-state index contributed by atoms with van der Waals surface area (Å²) >= 11 is 0. The molecule has 9 heteroatoms. The van der Waals surface area contributed by atoms with Crippen LogP contribution < -0.4 is 15.4 Å². The lowest BCUT2D eigenvalue weighted by Gasteiger charge is -2.24. The zero-order valence-electron chi connectivity index (χ0n) is 17.8. The first kappa shape index (κ1) is 20.6. The number of anilines is 2. The molecule has 8 nitrogen and oxygen atoms in total. The van der Waals surface area contributed by atoms with Crippen LogP contribution in [0.15, 0.2) is 31.0 Å². The Morgan fingerprint density at radius 1 is 1.42 bits per heavy atom. The Morgan fingerprint density at radius 3 is 2.94 bits per heavy atom. The number of hydrogen-bond donors (Lipinski definition) is 3. The number of ether oxygens (including phenoxy) is 1. The van der Waals surface area contributed by atoms with E-state index < -0.39 is 0 Å². The number of aromatic amines is 1. The van der Waals surface area contributed by atoms with Gasteiger partial charge in [-0.3, -0.25) is 14.6 Å². The van der Waals surface area contributed by atoms with E-state index in [1.165, 1.54) is 6.08 Å². The maximum atomic E-state index is 15.0. The van der Waals surface area contributed by atoms with Crippen LogP contribution in [0.5, 0.6) is 5.75 Å². The van der Waals surface area contributed by atoms with Crippen LogP contribution in [0, 0.1) is 5.82 Å². The monoisotopic (exact) mass is 424 g/mol. The number of methoxy groups -OCH3 is 1. The van der Waals surface area contributed by atoms with Crippen molar-refractivity contribution < 1.29 is 13.9 Å². The predicted octanol–water partition coefficient (Wildman–Crippen LogP) is 3.40. The summed E-state index contributed by atoms with van der Waals surface area (Å²) < 4.78 is 22.1. The second-order valence-corrected chi connectivity index (χ2v) is 7.52. The molecule has 1 unspecified atom stereocenters. The molecule has 0 bridgehead atoms. The average molecular weight is 424 g/mol. The van der Waals surface area contributed by atoms with Crippen molar-refractivity contribution in [2.45, 2.75) is 25.2 Å². The summed E-state index contributed by atoms with van der Waals surface area (Å²) in [5.74, 6) is 0.0499. The van der Waals surface area contributed by atoms with Crippen LogP contribution in [0.25, 0.3) is 11.4 Å². The standard InChI is InChI=1S/C22H25FN6O2/c1-5-19(30)26-18-11-25-29(3)22(18)21-14-7-6-12(8-16(14)27-28-21)15-9-13(31-4)10-17(24-2)20(15)23/h5,9-12,24H,1,6-8H2,2-4H3,(H,26,30)(H,27,28). The molecule has 1 aromatic carbocycles. The van der Waals surface area contributed by atoms with Crippen molar-refractivity contribution in [3.05, 3.63) is 53.6 Å². The van der Waals surface area contributed by atoms with Crippen LogP contribution in [0.2, 0.25) is 0 Å². The molecule has 162 valence electrons. The molecule has 2 aromatic heterocycles. The topological polar surface area (TPSA) is 96.9 Å². The van der Waals surface area contributed by atoms with Crippen molar-refractivity contribution in [2.75, 3.05) is 24.8 Å².